The van der Waals surface area contributed by atoms with Crippen molar-refractivity contribution in [3.8, 4) is 0 Å². The number of Topliss-reactive ketones (excluding diaryl/α,β-unsaturated/α-hetero) is 1. The van der Waals surface area contributed by atoms with E-state index < -0.39 is 0 Å². The average Bonchev–Trinajstić information content (AvgIpc) is 2.97. The van der Waals surface area contributed by atoms with Crippen LogP contribution in [0.1, 0.15) is 71.6 Å². The lowest BCUT2D eigenvalue weighted by Crippen LogP contribution is -2.52. The molecule has 4 fully saturated rings. The van der Waals surface area contributed by atoms with Crippen LogP contribution in [0.5, 0.6) is 0 Å². The van der Waals surface area contributed by atoms with Gasteiger partial charge in [0.2, 0.25) is 0 Å². The van der Waals surface area contributed by atoms with Crippen molar-refractivity contribution in [2.75, 3.05) is 13.3 Å². The molecule has 0 aromatic carbocycles. The average molecular weight is 351 g/mol. The Bertz CT molecular complexity index is 534. The number of carbonyl (C=O) groups excluding carboxylic acids is 1. The molecule has 142 valence electrons. The molecule has 1 N–H and O–H groups in total. The molecule has 0 saturated heterocycles. The van der Waals surface area contributed by atoms with Crippen LogP contribution in [0.15, 0.2) is 0 Å². The fraction of sp³-hybridized carbons (Fsp3) is 0.955. The summed E-state index contributed by atoms with van der Waals surface area (Å²) in [6.45, 7) is 4.36. The van der Waals surface area contributed by atoms with Crippen molar-refractivity contribution in [3.05, 3.63) is 0 Å². The van der Waals surface area contributed by atoms with Gasteiger partial charge in [-0.25, -0.2) is 0 Å². The summed E-state index contributed by atoms with van der Waals surface area (Å²) in [5, 5.41) is 9.39. The highest BCUT2D eigenvalue weighted by atomic mass is 19.1. The molecule has 0 aromatic heterocycles. The SMILES string of the molecule is CC12CCC3C(CCC4(C)C(C(=O)CO)CCC34)C1CCC(CF)C2. The highest BCUT2D eigenvalue weighted by Gasteiger charge is 2.60. The Morgan fingerprint density at radius 2 is 1.68 bits per heavy atom. The quantitative estimate of drug-likeness (QED) is 0.794. The lowest BCUT2D eigenvalue weighted by Gasteiger charge is -2.59. The molecule has 2 nitrogen and oxygen atoms in total. The smallest absolute Gasteiger partial charge is 0.161 e. The van der Waals surface area contributed by atoms with E-state index in [-0.39, 0.29) is 30.4 Å². The normalized spacial score (nSPS) is 52.2. The van der Waals surface area contributed by atoms with Gasteiger partial charge < -0.3 is 5.11 Å². The third kappa shape index (κ3) is 2.63. The Morgan fingerprint density at radius 3 is 2.40 bits per heavy atom. The summed E-state index contributed by atoms with van der Waals surface area (Å²) >= 11 is 0. The van der Waals surface area contributed by atoms with Crippen LogP contribution in [0.3, 0.4) is 0 Å². The number of alkyl halides is 1. The molecule has 0 spiro atoms. The third-order valence-corrected chi connectivity index (χ3v) is 9.36. The molecule has 4 aliphatic rings. The maximum absolute atomic E-state index is 13.3. The molecule has 4 saturated carbocycles. The van der Waals surface area contributed by atoms with Gasteiger partial charge >= 0.3 is 0 Å². The maximum Gasteiger partial charge on any atom is 0.161 e. The minimum absolute atomic E-state index is 0.0764. The second-order valence-electron chi connectivity index (χ2n) is 10.3. The fourth-order valence-electron chi connectivity index (χ4n) is 8.19. The molecule has 0 aliphatic heterocycles. The van der Waals surface area contributed by atoms with E-state index in [1.54, 1.807) is 0 Å². The van der Waals surface area contributed by atoms with E-state index in [4.69, 9.17) is 0 Å². The summed E-state index contributed by atoms with van der Waals surface area (Å²) in [4.78, 5) is 12.3. The molecular formula is C22H35FO2. The Labute approximate surface area is 152 Å². The van der Waals surface area contributed by atoms with Crippen molar-refractivity contribution in [1.29, 1.82) is 0 Å². The van der Waals surface area contributed by atoms with Gasteiger partial charge in [0.05, 0.1) is 6.67 Å². The summed E-state index contributed by atoms with van der Waals surface area (Å²) in [6, 6.07) is 0. The molecule has 3 heteroatoms. The molecule has 8 unspecified atom stereocenters. The van der Waals surface area contributed by atoms with E-state index >= 15 is 0 Å². The van der Waals surface area contributed by atoms with E-state index in [9.17, 15) is 14.3 Å². The molecule has 4 aliphatic carbocycles. The molecule has 4 rings (SSSR count). The molecule has 8 atom stereocenters. The second-order valence-corrected chi connectivity index (χ2v) is 10.3. The summed E-state index contributed by atoms with van der Waals surface area (Å²) in [7, 11) is 0. The van der Waals surface area contributed by atoms with Crippen LogP contribution in [0.25, 0.3) is 0 Å². The first-order chi connectivity index (χ1) is 11.9. The van der Waals surface area contributed by atoms with Gasteiger partial charge in [-0.1, -0.05) is 13.8 Å². The number of ketones is 1. The summed E-state index contributed by atoms with van der Waals surface area (Å²) in [5.41, 5.74) is 0.466. The van der Waals surface area contributed by atoms with Gasteiger partial charge in [0, 0.05) is 5.92 Å². The Balaban J connectivity index is 1.56. The first kappa shape index (κ1) is 17.9. The lowest BCUT2D eigenvalue weighted by molar-refractivity contribution is -0.136. The first-order valence-electron chi connectivity index (χ1n) is 10.6. The molecule has 0 amide bonds. The predicted molar refractivity (Wildman–Crippen MR) is 96.8 cm³/mol. The van der Waals surface area contributed by atoms with Gasteiger partial charge in [-0.3, -0.25) is 9.18 Å². The van der Waals surface area contributed by atoms with Crippen molar-refractivity contribution < 1.29 is 14.3 Å². The van der Waals surface area contributed by atoms with Crippen LogP contribution in [0.2, 0.25) is 0 Å². The molecule has 25 heavy (non-hydrogen) atoms. The van der Waals surface area contributed by atoms with E-state index in [0.29, 0.717) is 17.3 Å². The molecular weight excluding hydrogens is 315 g/mol. The second kappa shape index (κ2) is 6.32. The Kier molecular flexibility index (Phi) is 4.54. The van der Waals surface area contributed by atoms with Crippen LogP contribution in [-0.4, -0.2) is 24.2 Å². The Hall–Kier alpha value is -0.440. The molecule has 0 bridgehead atoms. The first-order valence-corrected chi connectivity index (χ1v) is 10.6. The minimum Gasteiger partial charge on any atom is -0.389 e. The van der Waals surface area contributed by atoms with E-state index in [1.807, 2.05) is 0 Å². The number of aliphatic hydroxyl groups excluding tert-OH is 1. The summed E-state index contributed by atoms with van der Waals surface area (Å²) < 4.78 is 13.3. The highest BCUT2D eigenvalue weighted by molar-refractivity contribution is 5.83. The maximum atomic E-state index is 13.3. The zero-order valence-electron chi connectivity index (χ0n) is 16.0. The number of halogens is 1. The lowest BCUT2D eigenvalue weighted by atomic mass is 9.45. The highest BCUT2D eigenvalue weighted by Crippen LogP contribution is 2.66. The van der Waals surface area contributed by atoms with Crippen molar-refractivity contribution in [3.63, 3.8) is 0 Å². The number of hydrogen-bond acceptors (Lipinski definition) is 2. The molecule has 0 heterocycles. The van der Waals surface area contributed by atoms with E-state index in [2.05, 4.69) is 13.8 Å². The van der Waals surface area contributed by atoms with Gasteiger partial charge in [0.1, 0.15) is 6.61 Å². The van der Waals surface area contributed by atoms with Gasteiger partial charge in [0.25, 0.3) is 0 Å². The van der Waals surface area contributed by atoms with Crippen LogP contribution in [-0.2, 0) is 4.79 Å². The van der Waals surface area contributed by atoms with Gasteiger partial charge in [-0.15, -0.1) is 0 Å². The van der Waals surface area contributed by atoms with Crippen LogP contribution >= 0.6 is 0 Å². The number of hydrogen-bond donors (Lipinski definition) is 1. The van der Waals surface area contributed by atoms with Crippen molar-refractivity contribution >= 4 is 5.78 Å². The van der Waals surface area contributed by atoms with Crippen LogP contribution in [0, 0.1) is 46.3 Å². The summed E-state index contributed by atoms with van der Waals surface area (Å²) in [5.74, 6) is 3.44. The number of rotatable bonds is 3. The van der Waals surface area contributed by atoms with Crippen molar-refractivity contribution in [2.45, 2.75) is 71.6 Å². The number of fused-ring (bicyclic) bond motifs is 5. The monoisotopic (exact) mass is 350 g/mol. The predicted octanol–water partition coefficient (Wildman–Crippen LogP) is 4.79. The topological polar surface area (TPSA) is 37.3 Å². The molecule has 0 aromatic rings. The van der Waals surface area contributed by atoms with E-state index in [0.717, 1.165) is 43.4 Å². The van der Waals surface area contributed by atoms with Crippen LogP contribution in [0.4, 0.5) is 4.39 Å². The van der Waals surface area contributed by atoms with E-state index in [1.165, 1.54) is 32.1 Å². The zero-order chi connectivity index (χ0) is 17.8. The number of aliphatic hydroxyl groups is 1. The Morgan fingerprint density at radius 1 is 1.00 bits per heavy atom. The summed E-state index contributed by atoms with van der Waals surface area (Å²) in [6.07, 6.45) is 10.5. The largest absolute Gasteiger partial charge is 0.389 e. The van der Waals surface area contributed by atoms with Gasteiger partial charge in [-0.05, 0) is 98.2 Å². The number of carbonyl (C=O) groups is 1. The van der Waals surface area contributed by atoms with Crippen LogP contribution < -0.4 is 0 Å². The van der Waals surface area contributed by atoms with Gasteiger partial charge in [-0.2, -0.15) is 0 Å². The zero-order valence-corrected chi connectivity index (χ0v) is 16.0. The fourth-order valence-corrected chi connectivity index (χ4v) is 8.19. The minimum atomic E-state index is -0.285. The van der Waals surface area contributed by atoms with Crippen molar-refractivity contribution in [2.24, 2.45) is 46.3 Å². The van der Waals surface area contributed by atoms with Gasteiger partial charge in [0.15, 0.2) is 5.78 Å². The van der Waals surface area contributed by atoms with Crippen molar-refractivity contribution in [1.82, 2.24) is 0 Å². The molecule has 0 radical (unpaired) electrons. The standard InChI is InChI=1S/C22H35FO2/c1-21-9-7-16-15(17(21)4-3-14(11-21)12-23)8-10-22(2)18(16)5-6-19(22)20(25)13-24/h14-19,24H,3-13H2,1-2H3. The third-order valence-electron chi connectivity index (χ3n) is 9.36.